The van der Waals surface area contributed by atoms with Crippen LogP contribution in [0.25, 0.3) is 0 Å². The number of hydrogen-bond acceptors (Lipinski definition) is 3. The van der Waals surface area contributed by atoms with E-state index in [1.165, 1.54) is 6.07 Å². The van der Waals surface area contributed by atoms with Gasteiger partial charge in [-0.25, -0.2) is 0 Å². The summed E-state index contributed by atoms with van der Waals surface area (Å²) >= 11 is 12.0. The molecule has 5 nitrogen and oxygen atoms in total. The van der Waals surface area contributed by atoms with Crippen LogP contribution in [0.2, 0.25) is 10.0 Å². The van der Waals surface area contributed by atoms with Crippen molar-refractivity contribution in [2.45, 2.75) is 52.1 Å². The lowest BCUT2D eigenvalue weighted by Crippen LogP contribution is -2.52. The Morgan fingerprint density at radius 1 is 1.22 bits per heavy atom. The van der Waals surface area contributed by atoms with Gasteiger partial charge in [0.2, 0.25) is 5.91 Å². The highest BCUT2D eigenvalue weighted by atomic mass is 35.5. The van der Waals surface area contributed by atoms with E-state index in [4.69, 9.17) is 23.2 Å². The van der Waals surface area contributed by atoms with Crippen LogP contribution in [0.15, 0.2) is 18.2 Å². The minimum atomic E-state index is -0.589. The molecule has 0 aliphatic carbocycles. The first-order chi connectivity index (χ1) is 12.8. The fourth-order valence-electron chi connectivity index (χ4n) is 3.31. The quantitative estimate of drug-likeness (QED) is 0.715. The number of piperidine rings is 1. The number of carbonyl (C=O) groups is 2. The van der Waals surface area contributed by atoms with E-state index in [-0.39, 0.29) is 28.8 Å². The van der Waals surface area contributed by atoms with Crippen molar-refractivity contribution in [2.75, 3.05) is 19.6 Å². The van der Waals surface area contributed by atoms with Gasteiger partial charge in [0.15, 0.2) is 0 Å². The molecule has 150 valence electrons. The van der Waals surface area contributed by atoms with E-state index in [2.05, 4.69) is 22.5 Å². The Morgan fingerprint density at radius 3 is 2.44 bits per heavy atom. The topological polar surface area (TPSA) is 61.4 Å². The number of nitrogens with zero attached hydrogens (tertiary/aromatic N) is 1. The van der Waals surface area contributed by atoms with Gasteiger partial charge >= 0.3 is 0 Å². The number of benzene rings is 1. The molecule has 1 heterocycles. The van der Waals surface area contributed by atoms with Crippen LogP contribution in [0, 0.1) is 5.92 Å². The largest absolute Gasteiger partial charge is 0.351 e. The predicted octanol–water partition coefficient (Wildman–Crippen LogP) is 3.74. The zero-order valence-corrected chi connectivity index (χ0v) is 17.7. The lowest BCUT2D eigenvalue weighted by molar-refractivity contribution is -0.124. The zero-order valence-electron chi connectivity index (χ0n) is 16.2. The lowest BCUT2D eigenvalue weighted by Gasteiger charge is -2.32. The standard InChI is InChI=1S/C20H29Cl2N3O2/c1-4-25-9-7-15(8-10-25)23-20(27)18(11-13(2)3)24-19(26)16-6-5-14(21)12-17(16)22/h5-6,12-13,15,18H,4,7-11H2,1-3H3,(H,23,27)(H,24,26). The Hall–Kier alpha value is -1.30. The number of carbonyl (C=O) groups excluding carboxylic acids is 2. The molecule has 2 N–H and O–H groups in total. The van der Waals surface area contributed by atoms with Crippen LogP contribution >= 0.6 is 23.2 Å². The fourth-order valence-corrected chi connectivity index (χ4v) is 3.80. The molecule has 7 heteroatoms. The second-order valence-corrected chi connectivity index (χ2v) is 8.34. The van der Waals surface area contributed by atoms with Crippen LogP contribution in [0.5, 0.6) is 0 Å². The van der Waals surface area contributed by atoms with Crippen LogP contribution in [0.1, 0.15) is 50.4 Å². The molecule has 0 aromatic heterocycles. The summed E-state index contributed by atoms with van der Waals surface area (Å²) in [4.78, 5) is 27.8. The Bertz CT molecular complexity index is 659. The molecule has 1 unspecified atom stereocenters. The van der Waals surface area contributed by atoms with E-state index in [9.17, 15) is 9.59 Å². The number of rotatable bonds is 7. The molecule has 27 heavy (non-hydrogen) atoms. The second kappa shape index (κ2) is 10.3. The summed E-state index contributed by atoms with van der Waals surface area (Å²) in [6, 6.07) is 4.28. The van der Waals surface area contributed by atoms with E-state index < -0.39 is 6.04 Å². The maximum Gasteiger partial charge on any atom is 0.253 e. The molecule has 1 saturated heterocycles. The van der Waals surface area contributed by atoms with Gasteiger partial charge in [0, 0.05) is 24.2 Å². The highest BCUT2D eigenvalue weighted by Crippen LogP contribution is 2.21. The molecule has 1 aromatic carbocycles. The SMILES string of the molecule is CCN1CCC(NC(=O)C(CC(C)C)NC(=O)c2ccc(Cl)cc2Cl)CC1. The van der Waals surface area contributed by atoms with Crippen LogP contribution in [0.3, 0.4) is 0 Å². The molecule has 2 amide bonds. The Labute approximate surface area is 171 Å². The number of likely N-dealkylation sites (tertiary alicyclic amines) is 1. The fraction of sp³-hybridized carbons (Fsp3) is 0.600. The van der Waals surface area contributed by atoms with E-state index >= 15 is 0 Å². The van der Waals surface area contributed by atoms with E-state index in [0.29, 0.717) is 17.0 Å². The lowest BCUT2D eigenvalue weighted by atomic mass is 10.0. The van der Waals surface area contributed by atoms with Crippen molar-refractivity contribution in [1.82, 2.24) is 15.5 Å². The molecule has 1 aliphatic rings. The van der Waals surface area contributed by atoms with Gasteiger partial charge < -0.3 is 15.5 Å². The van der Waals surface area contributed by atoms with Gasteiger partial charge in [-0.15, -0.1) is 0 Å². The highest BCUT2D eigenvalue weighted by Gasteiger charge is 2.27. The van der Waals surface area contributed by atoms with Crippen molar-refractivity contribution in [3.05, 3.63) is 33.8 Å². The van der Waals surface area contributed by atoms with Crippen molar-refractivity contribution in [2.24, 2.45) is 5.92 Å². The van der Waals surface area contributed by atoms with E-state index in [1.807, 2.05) is 13.8 Å². The molecule has 1 fully saturated rings. The maximum atomic E-state index is 12.8. The van der Waals surface area contributed by atoms with E-state index in [1.54, 1.807) is 12.1 Å². The van der Waals surface area contributed by atoms with Gasteiger partial charge in [0.05, 0.1) is 10.6 Å². The Kier molecular flexibility index (Phi) is 8.39. The summed E-state index contributed by atoms with van der Waals surface area (Å²) in [5.74, 6) is -0.223. The van der Waals surface area contributed by atoms with Crippen molar-refractivity contribution in [1.29, 1.82) is 0 Å². The Balaban J connectivity index is 2.01. The van der Waals surface area contributed by atoms with Gasteiger partial charge in [-0.3, -0.25) is 9.59 Å². The van der Waals surface area contributed by atoms with Gasteiger partial charge in [-0.2, -0.15) is 0 Å². The van der Waals surface area contributed by atoms with Crippen molar-refractivity contribution in [3.8, 4) is 0 Å². The number of amides is 2. The summed E-state index contributed by atoms with van der Waals surface area (Å²) in [6.07, 6.45) is 2.44. The molecule has 1 aromatic rings. The van der Waals surface area contributed by atoms with Crippen LogP contribution < -0.4 is 10.6 Å². The minimum Gasteiger partial charge on any atom is -0.351 e. The maximum absolute atomic E-state index is 12.8. The highest BCUT2D eigenvalue weighted by molar-refractivity contribution is 6.36. The average Bonchev–Trinajstić information content (AvgIpc) is 2.61. The second-order valence-electron chi connectivity index (χ2n) is 7.50. The number of nitrogens with one attached hydrogen (secondary N) is 2. The molecular weight excluding hydrogens is 385 g/mol. The molecule has 0 spiro atoms. The third-order valence-electron chi connectivity index (χ3n) is 4.89. The monoisotopic (exact) mass is 413 g/mol. The van der Waals surface area contributed by atoms with Crippen molar-refractivity contribution >= 4 is 35.0 Å². The summed E-state index contributed by atoms with van der Waals surface area (Å²) in [6.45, 7) is 9.22. The first-order valence-corrected chi connectivity index (χ1v) is 10.3. The molecular formula is C20H29Cl2N3O2. The smallest absolute Gasteiger partial charge is 0.253 e. The molecule has 2 rings (SSSR count). The molecule has 1 aliphatic heterocycles. The Morgan fingerprint density at radius 2 is 1.89 bits per heavy atom. The summed E-state index contributed by atoms with van der Waals surface area (Å²) < 4.78 is 0. The summed E-state index contributed by atoms with van der Waals surface area (Å²) in [5, 5.41) is 6.70. The number of hydrogen-bond donors (Lipinski definition) is 2. The van der Waals surface area contributed by atoms with Gasteiger partial charge in [0.25, 0.3) is 5.91 Å². The molecule has 0 saturated carbocycles. The average molecular weight is 414 g/mol. The molecule has 0 radical (unpaired) electrons. The van der Waals surface area contributed by atoms with E-state index in [0.717, 1.165) is 32.5 Å². The van der Waals surface area contributed by atoms with Gasteiger partial charge in [0.1, 0.15) is 6.04 Å². The first kappa shape index (κ1) is 22.0. The normalized spacial score (nSPS) is 17.0. The third kappa shape index (κ3) is 6.66. The summed E-state index contributed by atoms with van der Waals surface area (Å²) in [5.41, 5.74) is 0.318. The molecule has 1 atom stereocenters. The third-order valence-corrected chi connectivity index (χ3v) is 5.43. The molecule has 0 bridgehead atoms. The zero-order chi connectivity index (χ0) is 20.0. The van der Waals surface area contributed by atoms with Crippen LogP contribution in [-0.2, 0) is 4.79 Å². The van der Waals surface area contributed by atoms with Crippen molar-refractivity contribution in [3.63, 3.8) is 0 Å². The minimum absolute atomic E-state index is 0.128. The van der Waals surface area contributed by atoms with Gasteiger partial charge in [-0.1, -0.05) is 44.0 Å². The van der Waals surface area contributed by atoms with Crippen molar-refractivity contribution < 1.29 is 9.59 Å². The van der Waals surface area contributed by atoms with Crippen LogP contribution in [0.4, 0.5) is 0 Å². The van der Waals surface area contributed by atoms with Gasteiger partial charge in [-0.05, 0) is 49.9 Å². The predicted molar refractivity (Wildman–Crippen MR) is 110 cm³/mol. The number of halogens is 2. The first-order valence-electron chi connectivity index (χ1n) is 9.58. The summed E-state index contributed by atoms with van der Waals surface area (Å²) in [7, 11) is 0. The van der Waals surface area contributed by atoms with Crippen LogP contribution in [-0.4, -0.2) is 48.4 Å².